The molecule has 0 atom stereocenters. The molecule has 0 aliphatic heterocycles. The van der Waals surface area contributed by atoms with Crippen molar-refractivity contribution in [2.75, 3.05) is 26.7 Å². The summed E-state index contributed by atoms with van der Waals surface area (Å²) in [4.78, 5) is 0. The Hall–Kier alpha value is -2.39. The van der Waals surface area contributed by atoms with Crippen LogP contribution in [0.3, 0.4) is 0 Å². The molecular weight excluding hydrogens is 444 g/mol. The van der Waals surface area contributed by atoms with E-state index in [-0.39, 0.29) is 0 Å². The van der Waals surface area contributed by atoms with Gasteiger partial charge in [-0.3, -0.25) is 0 Å². The predicted molar refractivity (Wildman–Crippen MR) is 114 cm³/mol. The Bertz CT molecular complexity index is 947. The molecular formula is C19H21BrN4O3S. The summed E-state index contributed by atoms with van der Waals surface area (Å²) in [5.74, 6) is 9.60. The second kappa shape index (κ2) is 9.20. The van der Waals surface area contributed by atoms with Gasteiger partial charge < -0.3 is 20.1 Å². The van der Waals surface area contributed by atoms with E-state index in [4.69, 9.17) is 20.1 Å². The normalized spacial score (nSPS) is 10.7. The zero-order valence-electron chi connectivity index (χ0n) is 15.8. The number of halogens is 1. The maximum absolute atomic E-state index is 6.22. The number of benzene rings is 2. The quantitative estimate of drug-likeness (QED) is 0.396. The lowest BCUT2D eigenvalue weighted by atomic mass is 10.2. The molecule has 3 aromatic rings. The second-order valence-corrected chi connectivity index (χ2v) is 7.52. The molecule has 0 aliphatic rings. The first-order valence-electron chi connectivity index (χ1n) is 8.54. The molecule has 0 spiro atoms. The zero-order chi connectivity index (χ0) is 20.1. The number of aromatic nitrogens is 3. The number of thioether (sulfide) groups is 1. The lowest BCUT2D eigenvalue weighted by Gasteiger charge is -2.11. The summed E-state index contributed by atoms with van der Waals surface area (Å²) < 4.78 is 18.6. The fourth-order valence-corrected chi connectivity index (χ4v) is 4.08. The Morgan fingerprint density at radius 2 is 1.75 bits per heavy atom. The third-order valence-corrected chi connectivity index (χ3v) is 5.73. The van der Waals surface area contributed by atoms with Crippen molar-refractivity contribution in [3.63, 3.8) is 0 Å². The van der Waals surface area contributed by atoms with Gasteiger partial charge >= 0.3 is 0 Å². The highest BCUT2D eigenvalue weighted by molar-refractivity contribution is 9.10. The van der Waals surface area contributed by atoms with Gasteiger partial charge in [0, 0.05) is 15.8 Å². The molecule has 0 unspecified atom stereocenters. The summed E-state index contributed by atoms with van der Waals surface area (Å²) in [5.41, 5.74) is 1.91. The summed E-state index contributed by atoms with van der Waals surface area (Å²) in [6.45, 7) is 2.57. The smallest absolute Gasteiger partial charge is 0.210 e. The molecule has 2 N–H and O–H groups in total. The third kappa shape index (κ3) is 4.36. The van der Waals surface area contributed by atoms with Gasteiger partial charge in [-0.2, -0.15) is 0 Å². The number of nitrogens with two attached hydrogens (primary N) is 1. The van der Waals surface area contributed by atoms with Crippen LogP contribution in [-0.2, 0) is 5.75 Å². The molecule has 2 aromatic carbocycles. The van der Waals surface area contributed by atoms with Gasteiger partial charge in [0.25, 0.3) is 0 Å². The monoisotopic (exact) mass is 464 g/mol. The highest BCUT2D eigenvalue weighted by Gasteiger charge is 2.15. The van der Waals surface area contributed by atoms with Crippen LogP contribution >= 0.6 is 27.7 Å². The number of rotatable bonds is 8. The molecule has 9 heteroatoms. The highest BCUT2D eigenvalue weighted by atomic mass is 79.9. The van der Waals surface area contributed by atoms with Crippen molar-refractivity contribution in [1.82, 2.24) is 14.9 Å². The summed E-state index contributed by atoms with van der Waals surface area (Å²) in [6.07, 6.45) is 0. The summed E-state index contributed by atoms with van der Waals surface area (Å²) >= 11 is 5.06. The maximum Gasteiger partial charge on any atom is 0.210 e. The van der Waals surface area contributed by atoms with Gasteiger partial charge in [-0.1, -0.05) is 27.7 Å². The Kier molecular flexibility index (Phi) is 6.69. The van der Waals surface area contributed by atoms with Crippen LogP contribution in [0.25, 0.3) is 11.4 Å². The topological polar surface area (TPSA) is 84.4 Å². The largest absolute Gasteiger partial charge is 0.494 e. The van der Waals surface area contributed by atoms with E-state index in [0.29, 0.717) is 34.8 Å². The van der Waals surface area contributed by atoms with Gasteiger partial charge in [-0.25, -0.2) is 4.68 Å². The first kappa shape index (κ1) is 20.3. The van der Waals surface area contributed by atoms with Crippen LogP contribution in [0.2, 0.25) is 0 Å². The minimum absolute atomic E-state index is 0.594. The van der Waals surface area contributed by atoms with Crippen molar-refractivity contribution in [1.29, 1.82) is 0 Å². The van der Waals surface area contributed by atoms with Crippen LogP contribution in [0.4, 0.5) is 0 Å². The Morgan fingerprint density at radius 3 is 2.39 bits per heavy atom. The van der Waals surface area contributed by atoms with Gasteiger partial charge in [-0.05, 0) is 48.9 Å². The van der Waals surface area contributed by atoms with Crippen LogP contribution in [0.5, 0.6) is 17.2 Å². The predicted octanol–water partition coefficient (Wildman–Crippen LogP) is 4.13. The van der Waals surface area contributed by atoms with Crippen molar-refractivity contribution in [3.8, 4) is 28.6 Å². The number of hydrogen-bond donors (Lipinski definition) is 1. The molecule has 1 aromatic heterocycles. The Labute approximate surface area is 176 Å². The van der Waals surface area contributed by atoms with E-state index in [1.54, 1.807) is 14.2 Å². The van der Waals surface area contributed by atoms with Crippen molar-refractivity contribution < 1.29 is 14.2 Å². The molecule has 0 bridgehead atoms. The second-order valence-electron chi connectivity index (χ2n) is 5.72. The first-order valence-corrected chi connectivity index (χ1v) is 10.3. The number of nitrogen functional groups attached to an aromatic ring is 1. The fourth-order valence-electron chi connectivity index (χ4n) is 2.59. The standard InChI is InChI=1S/C19H21BrN4O3S/c1-4-27-14-7-5-12(6-8-14)18-22-23-19(24(18)21)28-11-13-9-16(25-2)17(26-3)10-15(13)20/h5-10H,4,11,21H2,1-3H3. The third-order valence-electron chi connectivity index (χ3n) is 4.00. The number of nitrogens with zero attached hydrogens (tertiary/aromatic N) is 3. The molecule has 0 saturated carbocycles. The lowest BCUT2D eigenvalue weighted by molar-refractivity contribution is 0.340. The van der Waals surface area contributed by atoms with Crippen LogP contribution in [-0.4, -0.2) is 35.7 Å². The molecule has 0 saturated heterocycles. The highest BCUT2D eigenvalue weighted by Crippen LogP contribution is 2.36. The van der Waals surface area contributed by atoms with E-state index < -0.39 is 0 Å². The van der Waals surface area contributed by atoms with Crippen molar-refractivity contribution in [3.05, 3.63) is 46.4 Å². The Balaban J connectivity index is 1.76. The fraction of sp³-hybridized carbons (Fsp3) is 0.263. The van der Waals surface area contributed by atoms with E-state index in [9.17, 15) is 0 Å². The summed E-state index contributed by atoms with van der Waals surface area (Å²) in [5, 5.41) is 9.06. The van der Waals surface area contributed by atoms with Gasteiger partial charge in [0.15, 0.2) is 17.3 Å². The number of methoxy groups -OCH3 is 2. The van der Waals surface area contributed by atoms with E-state index in [2.05, 4.69) is 26.1 Å². The van der Waals surface area contributed by atoms with Gasteiger partial charge in [0.2, 0.25) is 5.16 Å². The number of hydrogen-bond acceptors (Lipinski definition) is 7. The van der Waals surface area contributed by atoms with E-state index in [1.807, 2.05) is 43.3 Å². The van der Waals surface area contributed by atoms with E-state index in [1.165, 1.54) is 16.4 Å². The molecule has 0 aliphatic carbocycles. The minimum atomic E-state index is 0.594. The molecule has 3 rings (SSSR count). The Morgan fingerprint density at radius 1 is 1.07 bits per heavy atom. The summed E-state index contributed by atoms with van der Waals surface area (Å²) in [6, 6.07) is 11.4. The van der Waals surface area contributed by atoms with Crippen LogP contribution < -0.4 is 20.1 Å². The van der Waals surface area contributed by atoms with Crippen LogP contribution in [0, 0.1) is 0 Å². The average Bonchev–Trinajstić information content (AvgIpc) is 3.08. The molecule has 0 fully saturated rings. The van der Waals surface area contributed by atoms with Crippen molar-refractivity contribution in [2.45, 2.75) is 17.8 Å². The maximum atomic E-state index is 6.22. The van der Waals surface area contributed by atoms with E-state index >= 15 is 0 Å². The van der Waals surface area contributed by atoms with Crippen LogP contribution in [0.1, 0.15) is 12.5 Å². The van der Waals surface area contributed by atoms with Gasteiger partial charge in [0.05, 0.1) is 20.8 Å². The molecule has 148 valence electrons. The molecule has 28 heavy (non-hydrogen) atoms. The molecule has 1 heterocycles. The summed E-state index contributed by atoms with van der Waals surface area (Å²) in [7, 11) is 3.22. The van der Waals surface area contributed by atoms with E-state index in [0.717, 1.165) is 21.3 Å². The molecule has 7 nitrogen and oxygen atoms in total. The SMILES string of the molecule is CCOc1ccc(-c2nnc(SCc3cc(OC)c(OC)cc3Br)n2N)cc1. The van der Waals surface area contributed by atoms with Crippen molar-refractivity contribution >= 4 is 27.7 Å². The van der Waals surface area contributed by atoms with Gasteiger partial charge in [0.1, 0.15) is 5.75 Å². The zero-order valence-corrected chi connectivity index (χ0v) is 18.2. The van der Waals surface area contributed by atoms with Gasteiger partial charge in [-0.15, -0.1) is 10.2 Å². The van der Waals surface area contributed by atoms with Crippen LogP contribution in [0.15, 0.2) is 46.0 Å². The number of ether oxygens (including phenoxy) is 3. The lowest BCUT2D eigenvalue weighted by Crippen LogP contribution is -2.11. The molecule has 0 amide bonds. The molecule has 0 radical (unpaired) electrons. The minimum Gasteiger partial charge on any atom is -0.494 e. The average molecular weight is 465 g/mol. The first-order chi connectivity index (χ1) is 13.6. The van der Waals surface area contributed by atoms with Crippen molar-refractivity contribution in [2.24, 2.45) is 0 Å².